The largest absolute Gasteiger partial charge is 0.507 e. The highest BCUT2D eigenvalue weighted by molar-refractivity contribution is 5.97. The van der Waals surface area contributed by atoms with Gasteiger partial charge in [-0.2, -0.15) is 0 Å². The normalized spacial score (nSPS) is 21.9. The molecule has 0 radical (unpaired) electrons. The molecule has 0 bridgehead atoms. The van der Waals surface area contributed by atoms with Crippen molar-refractivity contribution >= 4 is 11.9 Å². The number of phenols is 1. The van der Waals surface area contributed by atoms with Gasteiger partial charge in [0.15, 0.2) is 0 Å². The molecule has 7 heteroatoms. The predicted octanol–water partition coefficient (Wildman–Crippen LogP) is 5.31. The van der Waals surface area contributed by atoms with Crippen LogP contribution in [0, 0.1) is 0 Å². The van der Waals surface area contributed by atoms with E-state index in [1.54, 1.807) is 12.1 Å². The number of hydrogen-bond donors (Lipinski definition) is 2. The Kier molecular flexibility index (Phi) is 8.22. The molecule has 2 aromatic rings. The molecule has 204 valence electrons. The third kappa shape index (κ3) is 5.83. The Morgan fingerprint density at radius 3 is 2.37 bits per heavy atom. The van der Waals surface area contributed by atoms with Gasteiger partial charge in [-0.3, -0.25) is 9.69 Å². The maximum absolute atomic E-state index is 13.8. The lowest BCUT2D eigenvalue weighted by Crippen LogP contribution is -2.48. The molecule has 3 fully saturated rings. The third-order valence-corrected chi connectivity index (χ3v) is 8.45. The second kappa shape index (κ2) is 11.8. The minimum atomic E-state index is -0.250. The van der Waals surface area contributed by atoms with Gasteiger partial charge in [0, 0.05) is 44.3 Å². The first kappa shape index (κ1) is 26.5. The summed E-state index contributed by atoms with van der Waals surface area (Å²) >= 11 is 0. The van der Waals surface area contributed by atoms with Crippen LogP contribution in [0.5, 0.6) is 5.75 Å². The summed E-state index contributed by atoms with van der Waals surface area (Å²) in [7, 11) is 0. The number of rotatable bonds is 7. The second-order valence-electron chi connectivity index (χ2n) is 11.5. The van der Waals surface area contributed by atoms with E-state index in [1.807, 2.05) is 26.0 Å². The maximum atomic E-state index is 13.8. The maximum Gasteiger partial charge on any atom is 0.321 e. The smallest absolute Gasteiger partial charge is 0.321 e. The van der Waals surface area contributed by atoms with Crippen molar-refractivity contribution in [2.24, 2.45) is 0 Å². The molecule has 2 N–H and O–H groups in total. The van der Waals surface area contributed by atoms with Gasteiger partial charge in [-0.25, -0.2) is 4.79 Å². The summed E-state index contributed by atoms with van der Waals surface area (Å²) in [6, 6.07) is 16.8. The van der Waals surface area contributed by atoms with Crippen LogP contribution in [0.2, 0.25) is 0 Å². The lowest BCUT2D eigenvalue weighted by atomic mass is 9.94. The lowest BCUT2D eigenvalue weighted by molar-refractivity contribution is 0.0940. The fourth-order valence-corrected chi connectivity index (χ4v) is 6.50. The first-order valence-electron chi connectivity index (χ1n) is 14.4. The molecule has 2 aliphatic heterocycles. The van der Waals surface area contributed by atoms with Gasteiger partial charge in [0.25, 0.3) is 5.91 Å². The number of likely N-dealkylation sites (tertiary alicyclic amines) is 1. The highest BCUT2D eigenvalue weighted by atomic mass is 16.3. The van der Waals surface area contributed by atoms with Crippen LogP contribution in [0.4, 0.5) is 4.79 Å². The molecule has 1 saturated carbocycles. The monoisotopic (exact) mass is 518 g/mol. The minimum absolute atomic E-state index is 0.00614. The number of nitrogens with one attached hydrogen (secondary N) is 1. The average Bonchev–Trinajstić information content (AvgIpc) is 3.27. The van der Waals surface area contributed by atoms with Crippen LogP contribution in [0.15, 0.2) is 48.5 Å². The molecule has 3 aliphatic rings. The summed E-state index contributed by atoms with van der Waals surface area (Å²) in [5.41, 5.74) is 2.57. The van der Waals surface area contributed by atoms with Crippen molar-refractivity contribution < 1.29 is 14.7 Å². The van der Waals surface area contributed by atoms with E-state index >= 15 is 0 Å². The molecule has 3 amide bonds. The van der Waals surface area contributed by atoms with Crippen molar-refractivity contribution in [3.63, 3.8) is 0 Å². The molecule has 5 rings (SSSR count). The molecule has 2 heterocycles. The third-order valence-electron chi connectivity index (χ3n) is 8.45. The molecule has 2 aromatic carbocycles. The predicted molar refractivity (Wildman–Crippen MR) is 149 cm³/mol. The van der Waals surface area contributed by atoms with Gasteiger partial charge in [-0.15, -0.1) is 0 Å². The van der Waals surface area contributed by atoms with Gasteiger partial charge in [-0.05, 0) is 62.8 Å². The molecule has 1 atom stereocenters. The molecule has 0 unspecified atom stereocenters. The zero-order valence-electron chi connectivity index (χ0n) is 22.8. The van der Waals surface area contributed by atoms with Crippen LogP contribution in [0.3, 0.4) is 0 Å². The van der Waals surface area contributed by atoms with Crippen LogP contribution in [-0.4, -0.2) is 69.5 Å². The van der Waals surface area contributed by atoms with Gasteiger partial charge < -0.3 is 20.2 Å². The molecule has 0 spiro atoms. The Morgan fingerprint density at radius 2 is 1.68 bits per heavy atom. The highest BCUT2D eigenvalue weighted by Crippen LogP contribution is 2.38. The number of urea groups is 1. The van der Waals surface area contributed by atoms with E-state index in [0.29, 0.717) is 11.6 Å². The fraction of sp³-hybridized carbons (Fsp3) is 0.548. The summed E-state index contributed by atoms with van der Waals surface area (Å²) in [5.74, 6) is -0.243. The van der Waals surface area contributed by atoms with E-state index in [-0.39, 0.29) is 35.8 Å². The first-order valence-corrected chi connectivity index (χ1v) is 14.4. The van der Waals surface area contributed by atoms with E-state index in [9.17, 15) is 14.7 Å². The Bertz CT molecular complexity index is 1110. The minimum Gasteiger partial charge on any atom is -0.507 e. The van der Waals surface area contributed by atoms with E-state index in [1.165, 1.54) is 24.8 Å². The number of carbonyl (C=O) groups excluding carboxylic acids is 2. The van der Waals surface area contributed by atoms with Crippen LogP contribution in [-0.2, 0) is 6.54 Å². The number of aromatic hydroxyl groups is 1. The van der Waals surface area contributed by atoms with E-state index < -0.39 is 0 Å². The summed E-state index contributed by atoms with van der Waals surface area (Å²) < 4.78 is 0. The van der Waals surface area contributed by atoms with Crippen LogP contribution < -0.4 is 5.32 Å². The number of amides is 3. The fourth-order valence-electron chi connectivity index (χ4n) is 6.50. The Labute approximate surface area is 226 Å². The van der Waals surface area contributed by atoms with Gasteiger partial charge in [0.05, 0.1) is 11.6 Å². The highest BCUT2D eigenvalue weighted by Gasteiger charge is 2.45. The van der Waals surface area contributed by atoms with Crippen molar-refractivity contribution in [2.45, 2.75) is 89.5 Å². The summed E-state index contributed by atoms with van der Waals surface area (Å²) in [5, 5.41) is 13.1. The van der Waals surface area contributed by atoms with Gasteiger partial charge >= 0.3 is 6.03 Å². The van der Waals surface area contributed by atoms with Crippen molar-refractivity contribution in [3.8, 4) is 5.75 Å². The Morgan fingerprint density at radius 1 is 0.974 bits per heavy atom. The summed E-state index contributed by atoms with van der Waals surface area (Å²) in [6.45, 7) is 7.12. The number of hydrogen-bond acceptors (Lipinski definition) is 4. The topological polar surface area (TPSA) is 76.1 Å². The van der Waals surface area contributed by atoms with Gasteiger partial charge in [-0.1, -0.05) is 55.7 Å². The van der Waals surface area contributed by atoms with Crippen molar-refractivity contribution in [3.05, 3.63) is 65.2 Å². The van der Waals surface area contributed by atoms with Crippen LogP contribution in [0.25, 0.3) is 0 Å². The number of phenolic OH excluding ortho intramolecular Hbond substituents is 1. The molecular weight excluding hydrogens is 476 g/mol. The SMILES string of the molecule is CC(C)NC(=O)c1cc(CN2CCC(N3C(=O)N(C4CCCCC4)C[C@H]3c3ccccc3)CC2)ccc1O. The summed E-state index contributed by atoms with van der Waals surface area (Å²) in [4.78, 5) is 33.1. The lowest BCUT2D eigenvalue weighted by Gasteiger charge is -2.39. The molecular formula is C31H42N4O3. The quantitative estimate of drug-likeness (QED) is 0.521. The number of nitrogens with zero attached hydrogens (tertiary/aromatic N) is 3. The van der Waals surface area contributed by atoms with Crippen molar-refractivity contribution in [1.82, 2.24) is 20.0 Å². The molecule has 7 nitrogen and oxygen atoms in total. The molecule has 38 heavy (non-hydrogen) atoms. The second-order valence-corrected chi connectivity index (χ2v) is 11.5. The zero-order chi connectivity index (χ0) is 26.6. The number of carbonyl (C=O) groups is 2. The Balaban J connectivity index is 1.26. The van der Waals surface area contributed by atoms with Crippen LogP contribution >= 0.6 is 0 Å². The molecule has 0 aromatic heterocycles. The zero-order valence-corrected chi connectivity index (χ0v) is 22.8. The van der Waals surface area contributed by atoms with Crippen LogP contribution in [0.1, 0.15) is 86.3 Å². The number of piperidine rings is 1. The number of benzene rings is 2. The average molecular weight is 519 g/mol. The molecule has 1 aliphatic carbocycles. The first-order chi connectivity index (χ1) is 18.4. The summed E-state index contributed by atoms with van der Waals surface area (Å²) in [6.07, 6.45) is 7.86. The van der Waals surface area contributed by atoms with E-state index in [2.05, 4.69) is 44.3 Å². The van der Waals surface area contributed by atoms with Crippen molar-refractivity contribution in [1.29, 1.82) is 0 Å². The standard InChI is InChI=1S/C31H42N4O3/c1-22(2)32-30(37)27-19-23(13-14-29(27)36)20-33-17-15-26(16-18-33)35-28(24-9-5-3-6-10-24)21-34(31(35)38)25-11-7-4-8-12-25/h3,5-6,9-10,13-14,19,22,25-26,28,36H,4,7-8,11-12,15-18,20-21H2,1-2H3,(H,32,37)/t28-/m0/s1. The molecule has 2 saturated heterocycles. The van der Waals surface area contributed by atoms with Gasteiger partial charge in [0.1, 0.15) is 5.75 Å². The van der Waals surface area contributed by atoms with E-state index in [0.717, 1.165) is 57.4 Å². The van der Waals surface area contributed by atoms with Gasteiger partial charge in [0.2, 0.25) is 0 Å². The van der Waals surface area contributed by atoms with E-state index in [4.69, 9.17) is 0 Å². The van der Waals surface area contributed by atoms with Crippen molar-refractivity contribution in [2.75, 3.05) is 19.6 Å². The Hall–Kier alpha value is -3.06.